The quantitative estimate of drug-likeness (QED) is 0.890. The lowest BCUT2D eigenvalue weighted by atomic mass is 10.1. The fourth-order valence-corrected chi connectivity index (χ4v) is 2.05. The zero-order valence-electron chi connectivity index (χ0n) is 10.0. The molecule has 0 aliphatic carbocycles. The van der Waals surface area contributed by atoms with Gasteiger partial charge in [0.05, 0.1) is 23.0 Å². The second kappa shape index (κ2) is 4.41. The zero-order chi connectivity index (χ0) is 12.6. The Morgan fingerprint density at radius 2 is 2.06 bits per heavy atom. The van der Waals surface area contributed by atoms with Crippen LogP contribution in [0.4, 0.5) is 0 Å². The van der Waals surface area contributed by atoms with Crippen molar-refractivity contribution in [2.75, 3.05) is 7.11 Å². The van der Waals surface area contributed by atoms with Crippen LogP contribution in [-0.2, 0) is 0 Å². The first-order valence-corrected chi connectivity index (χ1v) is 5.81. The molecule has 0 fully saturated rings. The van der Waals surface area contributed by atoms with E-state index in [9.17, 15) is 4.79 Å². The maximum absolute atomic E-state index is 12.0. The van der Waals surface area contributed by atoms with E-state index < -0.39 is 0 Å². The molecule has 1 aromatic carbocycles. The van der Waals surface area contributed by atoms with Gasteiger partial charge in [0, 0.05) is 11.8 Å². The highest BCUT2D eigenvalue weighted by molar-refractivity contribution is 6.35. The average molecular weight is 252 g/mol. The minimum atomic E-state index is -0.0775. The molecule has 0 unspecified atom stereocenters. The Morgan fingerprint density at radius 3 is 2.65 bits per heavy atom. The molecule has 2 rings (SSSR count). The molecule has 90 valence electrons. The van der Waals surface area contributed by atoms with Gasteiger partial charge in [-0.15, -0.1) is 0 Å². The van der Waals surface area contributed by atoms with Crippen LogP contribution in [0, 0.1) is 0 Å². The van der Waals surface area contributed by atoms with Gasteiger partial charge in [0.1, 0.15) is 5.75 Å². The first-order valence-electron chi connectivity index (χ1n) is 5.44. The van der Waals surface area contributed by atoms with Gasteiger partial charge in [-0.3, -0.25) is 4.79 Å². The minimum absolute atomic E-state index is 0.0775. The van der Waals surface area contributed by atoms with E-state index in [-0.39, 0.29) is 11.3 Å². The van der Waals surface area contributed by atoms with Crippen LogP contribution in [-0.4, -0.2) is 12.1 Å². The number of methoxy groups -OCH3 is 1. The Bertz CT molecular complexity index is 617. The monoisotopic (exact) mass is 251 g/mol. The van der Waals surface area contributed by atoms with Crippen LogP contribution < -0.4 is 10.2 Å². The van der Waals surface area contributed by atoms with E-state index in [1.807, 2.05) is 13.8 Å². The summed E-state index contributed by atoms with van der Waals surface area (Å²) in [5, 5.41) is 0.924. The van der Waals surface area contributed by atoms with Crippen LogP contribution in [0.25, 0.3) is 10.9 Å². The topological polar surface area (TPSA) is 42.1 Å². The normalized spacial score (nSPS) is 11.1. The van der Waals surface area contributed by atoms with Crippen molar-refractivity contribution in [2.24, 2.45) is 0 Å². The molecule has 4 heteroatoms. The van der Waals surface area contributed by atoms with Crippen LogP contribution in [0.2, 0.25) is 5.02 Å². The van der Waals surface area contributed by atoms with E-state index in [1.165, 1.54) is 0 Å². The Hall–Kier alpha value is -1.48. The highest BCUT2D eigenvalue weighted by atomic mass is 35.5. The van der Waals surface area contributed by atoms with Gasteiger partial charge in [-0.05, 0) is 18.1 Å². The summed E-state index contributed by atoms with van der Waals surface area (Å²) in [6.07, 6.45) is 0. The van der Waals surface area contributed by atoms with Gasteiger partial charge < -0.3 is 9.72 Å². The second-order valence-corrected chi connectivity index (χ2v) is 4.65. The lowest BCUT2D eigenvalue weighted by molar-refractivity contribution is 0.418. The van der Waals surface area contributed by atoms with Gasteiger partial charge in [-0.25, -0.2) is 0 Å². The minimum Gasteiger partial charge on any atom is -0.495 e. The molecule has 17 heavy (non-hydrogen) atoms. The average Bonchev–Trinajstić information content (AvgIpc) is 2.28. The molecule has 0 radical (unpaired) electrons. The molecule has 0 atom stereocenters. The Kier molecular flexibility index (Phi) is 3.11. The van der Waals surface area contributed by atoms with Crippen molar-refractivity contribution < 1.29 is 4.74 Å². The van der Waals surface area contributed by atoms with Crippen LogP contribution in [0.15, 0.2) is 23.0 Å². The number of hydrogen-bond donors (Lipinski definition) is 1. The number of H-pyrrole nitrogens is 1. The van der Waals surface area contributed by atoms with E-state index in [0.717, 1.165) is 5.69 Å². The molecule has 0 saturated carbocycles. The highest BCUT2D eigenvalue weighted by Crippen LogP contribution is 2.28. The van der Waals surface area contributed by atoms with Gasteiger partial charge >= 0.3 is 0 Å². The summed E-state index contributed by atoms with van der Waals surface area (Å²) >= 11 is 6.05. The number of aromatic nitrogens is 1. The number of benzene rings is 1. The van der Waals surface area contributed by atoms with Crippen LogP contribution in [0.5, 0.6) is 5.75 Å². The number of pyridine rings is 1. The summed E-state index contributed by atoms with van der Waals surface area (Å²) < 4.78 is 5.24. The van der Waals surface area contributed by atoms with Crippen LogP contribution in [0.1, 0.15) is 25.5 Å². The second-order valence-electron chi connectivity index (χ2n) is 4.24. The Balaban J connectivity index is 2.90. The van der Waals surface area contributed by atoms with Crippen molar-refractivity contribution in [1.82, 2.24) is 4.98 Å². The summed E-state index contributed by atoms with van der Waals surface area (Å²) in [4.78, 5) is 15.3. The molecule has 0 aliphatic rings. The fraction of sp³-hybridized carbons (Fsp3) is 0.308. The Labute approximate surface area is 104 Å². The van der Waals surface area contributed by atoms with E-state index in [4.69, 9.17) is 16.3 Å². The molecule has 3 nitrogen and oxygen atoms in total. The Morgan fingerprint density at radius 1 is 1.35 bits per heavy atom. The number of aromatic amines is 1. The molecule has 0 aliphatic heterocycles. The molecule has 0 bridgehead atoms. The fourth-order valence-electron chi connectivity index (χ4n) is 1.80. The number of rotatable bonds is 2. The maximum atomic E-state index is 12.0. The van der Waals surface area contributed by atoms with Crippen LogP contribution >= 0.6 is 11.6 Å². The predicted molar refractivity (Wildman–Crippen MR) is 70.2 cm³/mol. The first kappa shape index (κ1) is 12.0. The molecule has 1 N–H and O–H groups in total. The third kappa shape index (κ3) is 2.03. The highest BCUT2D eigenvalue weighted by Gasteiger charge is 2.11. The number of nitrogens with one attached hydrogen (secondary N) is 1. The predicted octanol–water partition coefficient (Wildman–Crippen LogP) is 3.31. The first-order chi connectivity index (χ1) is 8.04. The molecule has 2 aromatic rings. The molecular weight excluding hydrogens is 238 g/mol. The van der Waals surface area contributed by atoms with Crippen LogP contribution in [0.3, 0.4) is 0 Å². The largest absolute Gasteiger partial charge is 0.495 e. The summed E-state index contributed by atoms with van der Waals surface area (Å²) in [6, 6.07) is 5.02. The lowest BCUT2D eigenvalue weighted by Gasteiger charge is -2.11. The number of fused-ring (bicyclic) bond motifs is 1. The van der Waals surface area contributed by atoms with E-state index in [2.05, 4.69) is 4.98 Å². The summed E-state index contributed by atoms with van der Waals surface area (Å²) in [5.41, 5.74) is 1.46. The van der Waals surface area contributed by atoms with Gasteiger partial charge in [0.2, 0.25) is 0 Å². The van der Waals surface area contributed by atoms with Gasteiger partial charge in [0.25, 0.3) is 0 Å². The summed E-state index contributed by atoms with van der Waals surface area (Å²) in [7, 11) is 1.57. The molecule has 1 aromatic heterocycles. The standard InChI is InChI=1S/C13H14ClNO2/c1-7(2)9-6-10(16)12-8(14)4-5-11(17-3)13(12)15-9/h4-7H,1-3H3,(H,15,16). The van der Waals surface area contributed by atoms with Crippen molar-refractivity contribution in [3.05, 3.63) is 39.1 Å². The molecule has 0 saturated heterocycles. The molecule has 0 amide bonds. The molecule has 1 heterocycles. The smallest absolute Gasteiger partial charge is 0.191 e. The number of halogens is 1. The SMILES string of the molecule is COc1ccc(Cl)c2c(=O)cc(C(C)C)[nH]c12. The third-order valence-corrected chi connectivity index (χ3v) is 3.08. The number of hydrogen-bond acceptors (Lipinski definition) is 2. The van der Waals surface area contributed by atoms with Crippen molar-refractivity contribution in [2.45, 2.75) is 19.8 Å². The molecule has 0 spiro atoms. The summed E-state index contributed by atoms with van der Waals surface area (Å²) in [6.45, 7) is 4.04. The number of ether oxygens (including phenoxy) is 1. The maximum Gasteiger partial charge on any atom is 0.191 e. The van der Waals surface area contributed by atoms with E-state index >= 15 is 0 Å². The van der Waals surface area contributed by atoms with Gasteiger partial charge in [-0.2, -0.15) is 0 Å². The molecular formula is C13H14ClNO2. The van der Waals surface area contributed by atoms with E-state index in [1.54, 1.807) is 25.3 Å². The van der Waals surface area contributed by atoms with Gasteiger partial charge in [-0.1, -0.05) is 25.4 Å². The summed E-state index contributed by atoms with van der Waals surface area (Å²) in [5.74, 6) is 0.875. The van der Waals surface area contributed by atoms with E-state index in [0.29, 0.717) is 21.7 Å². The van der Waals surface area contributed by atoms with Crippen molar-refractivity contribution >= 4 is 22.5 Å². The van der Waals surface area contributed by atoms with Crippen molar-refractivity contribution in [3.63, 3.8) is 0 Å². The van der Waals surface area contributed by atoms with Crippen molar-refractivity contribution in [1.29, 1.82) is 0 Å². The van der Waals surface area contributed by atoms with Gasteiger partial charge in [0.15, 0.2) is 5.43 Å². The third-order valence-electron chi connectivity index (χ3n) is 2.76. The zero-order valence-corrected chi connectivity index (χ0v) is 10.8. The lowest BCUT2D eigenvalue weighted by Crippen LogP contribution is -2.07. The van der Waals surface area contributed by atoms with Crippen molar-refractivity contribution in [3.8, 4) is 5.75 Å².